The number of rotatable bonds is 8. The first-order valence-corrected chi connectivity index (χ1v) is 7.83. The average molecular weight is 321 g/mol. The molecule has 0 aliphatic heterocycles. The standard InChI is InChI=1S/C16H23N3O4/c1-4-5-6-7-8-9-14(20)18-16(21)13-10-17-15(19(22)23)12(3)11(13)2/h10H,4-9H2,1-3H3,(H,18,20,21). The van der Waals surface area contributed by atoms with Crippen LogP contribution in [0, 0.1) is 24.0 Å². The molecule has 0 aromatic carbocycles. The van der Waals surface area contributed by atoms with Crippen LogP contribution in [-0.2, 0) is 4.79 Å². The number of pyridine rings is 1. The fraction of sp³-hybridized carbons (Fsp3) is 0.562. The maximum Gasteiger partial charge on any atom is 0.366 e. The van der Waals surface area contributed by atoms with Gasteiger partial charge in [0.2, 0.25) is 5.91 Å². The Labute approximate surface area is 135 Å². The van der Waals surface area contributed by atoms with E-state index in [-0.39, 0.29) is 17.3 Å². The minimum Gasteiger partial charge on any atom is -0.358 e. The number of carbonyl (C=O) groups is 2. The van der Waals surface area contributed by atoms with Crippen molar-refractivity contribution in [2.75, 3.05) is 0 Å². The first-order valence-electron chi connectivity index (χ1n) is 7.83. The maximum absolute atomic E-state index is 12.1. The van der Waals surface area contributed by atoms with Crippen molar-refractivity contribution in [3.8, 4) is 0 Å². The third-order valence-electron chi connectivity index (χ3n) is 3.80. The van der Waals surface area contributed by atoms with Gasteiger partial charge in [-0.1, -0.05) is 32.6 Å². The van der Waals surface area contributed by atoms with E-state index >= 15 is 0 Å². The van der Waals surface area contributed by atoms with Gasteiger partial charge in [0, 0.05) is 6.42 Å². The highest BCUT2D eigenvalue weighted by atomic mass is 16.6. The Morgan fingerprint density at radius 1 is 1.17 bits per heavy atom. The highest BCUT2D eigenvalue weighted by molar-refractivity contribution is 6.05. The van der Waals surface area contributed by atoms with E-state index in [0.717, 1.165) is 38.3 Å². The van der Waals surface area contributed by atoms with Crippen molar-refractivity contribution in [3.05, 3.63) is 33.0 Å². The fourth-order valence-electron chi connectivity index (χ4n) is 2.25. The zero-order valence-corrected chi connectivity index (χ0v) is 13.8. The Hall–Kier alpha value is -2.31. The van der Waals surface area contributed by atoms with Crippen molar-refractivity contribution >= 4 is 17.6 Å². The van der Waals surface area contributed by atoms with Gasteiger partial charge in [-0.05, 0) is 35.7 Å². The quantitative estimate of drug-likeness (QED) is 0.450. The van der Waals surface area contributed by atoms with Gasteiger partial charge in [-0.25, -0.2) is 0 Å². The molecule has 0 saturated heterocycles. The molecule has 126 valence electrons. The van der Waals surface area contributed by atoms with E-state index in [9.17, 15) is 19.7 Å². The minimum atomic E-state index is -0.592. The van der Waals surface area contributed by atoms with Crippen molar-refractivity contribution < 1.29 is 14.5 Å². The molecule has 2 amide bonds. The van der Waals surface area contributed by atoms with Crippen LogP contribution in [0.2, 0.25) is 0 Å². The molecule has 1 heterocycles. The van der Waals surface area contributed by atoms with Gasteiger partial charge in [0.1, 0.15) is 0 Å². The molecule has 0 radical (unpaired) electrons. The van der Waals surface area contributed by atoms with Gasteiger partial charge in [0.15, 0.2) is 6.20 Å². The van der Waals surface area contributed by atoms with Crippen molar-refractivity contribution in [2.24, 2.45) is 0 Å². The number of amides is 2. The van der Waals surface area contributed by atoms with Gasteiger partial charge in [0.05, 0.1) is 11.1 Å². The summed E-state index contributed by atoms with van der Waals surface area (Å²) in [5.41, 5.74) is 0.974. The molecule has 1 aromatic rings. The summed E-state index contributed by atoms with van der Waals surface area (Å²) >= 11 is 0. The molecule has 0 bridgehead atoms. The van der Waals surface area contributed by atoms with Crippen LogP contribution < -0.4 is 5.32 Å². The highest BCUT2D eigenvalue weighted by Crippen LogP contribution is 2.21. The summed E-state index contributed by atoms with van der Waals surface area (Å²) in [7, 11) is 0. The van der Waals surface area contributed by atoms with Crippen LogP contribution in [0.15, 0.2) is 6.20 Å². The Balaban J connectivity index is 2.63. The van der Waals surface area contributed by atoms with Crippen LogP contribution in [-0.4, -0.2) is 21.7 Å². The number of hydrogen-bond donors (Lipinski definition) is 1. The number of unbranched alkanes of at least 4 members (excludes halogenated alkanes) is 4. The van der Waals surface area contributed by atoms with Crippen LogP contribution in [0.4, 0.5) is 5.82 Å². The van der Waals surface area contributed by atoms with E-state index in [1.54, 1.807) is 6.92 Å². The number of hydrogen-bond acceptors (Lipinski definition) is 5. The van der Waals surface area contributed by atoms with Crippen LogP contribution in [0.25, 0.3) is 0 Å². The van der Waals surface area contributed by atoms with Crippen molar-refractivity contribution in [1.29, 1.82) is 0 Å². The molecule has 0 aliphatic rings. The van der Waals surface area contributed by atoms with Gasteiger partial charge in [-0.15, -0.1) is 0 Å². The lowest BCUT2D eigenvalue weighted by Crippen LogP contribution is -2.31. The Kier molecular flexibility index (Phi) is 7.31. The monoisotopic (exact) mass is 321 g/mol. The van der Waals surface area contributed by atoms with E-state index < -0.39 is 10.8 Å². The molecular weight excluding hydrogens is 298 g/mol. The number of nitro groups is 1. The van der Waals surface area contributed by atoms with Crippen molar-refractivity contribution in [1.82, 2.24) is 10.3 Å². The summed E-state index contributed by atoms with van der Waals surface area (Å²) < 4.78 is 0. The number of nitrogens with one attached hydrogen (secondary N) is 1. The molecule has 0 atom stereocenters. The lowest BCUT2D eigenvalue weighted by Gasteiger charge is -2.07. The number of nitrogens with zero attached hydrogens (tertiary/aromatic N) is 2. The first kappa shape index (κ1) is 18.7. The molecular formula is C16H23N3O4. The predicted octanol–water partition coefficient (Wildman–Crippen LogP) is 3.22. The van der Waals surface area contributed by atoms with Crippen molar-refractivity contribution in [2.45, 2.75) is 59.3 Å². The van der Waals surface area contributed by atoms with Gasteiger partial charge in [-0.2, -0.15) is 0 Å². The van der Waals surface area contributed by atoms with Crippen LogP contribution in [0.1, 0.15) is 66.9 Å². The maximum atomic E-state index is 12.1. The average Bonchev–Trinajstić information content (AvgIpc) is 2.49. The van der Waals surface area contributed by atoms with E-state index in [4.69, 9.17) is 0 Å². The molecule has 7 heteroatoms. The highest BCUT2D eigenvalue weighted by Gasteiger charge is 2.21. The molecule has 7 nitrogen and oxygen atoms in total. The molecule has 0 saturated carbocycles. The fourth-order valence-corrected chi connectivity index (χ4v) is 2.25. The summed E-state index contributed by atoms with van der Waals surface area (Å²) in [6.45, 7) is 5.26. The number of imide groups is 1. The van der Waals surface area contributed by atoms with Crippen molar-refractivity contribution in [3.63, 3.8) is 0 Å². The second kappa shape index (κ2) is 8.97. The summed E-state index contributed by atoms with van der Waals surface area (Å²) in [5, 5.41) is 13.1. The van der Waals surface area contributed by atoms with Crippen LogP contribution in [0.5, 0.6) is 0 Å². The molecule has 1 rings (SSSR count). The Bertz CT molecular complexity index is 599. The molecule has 0 spiro atoms. The summed E-state index contributed by atoms with van der Waals surface area (Å²) in [4.78, 5) is 37.8. The van der Waals surface area contributed by atoms with Crippen LogP contribution >= 0.6 is 0 Å². The zero-order valence-electron chi connectivity index (χ0n) is 13.8. The molecule has 0 aliphatic carbocycles. The van der Waals surface area contributed by atoms with E-state index in [2.05, 4.69) is 17.2 Å². The smallest absolute Gasteiger partial charge is 0.358 e. The van der Waals surface area contributed by atoms with E-state index in [1.807, 2.05) is 0 Å². The third kappa shape index (κ3) is 5.43. The lowest BCUT2D eigenvalue weighted by atomic mass is 10.1. The summed E-state index contributed by atoms with van der Waals surface area (Å²) in [6.07, 6.45) is 6.52. The molecule has 23 heavy (non-hydrogen) atoms. The van der Waals surface area contributed by atoms with Gasteiger partial charge >= 0.3 is 5.82 Å². The third-order valence-corrected chi connectivity index (χ3v) is 3.80. The van der Waals surface area contributed by atoms with E-state index in [1.165, 1.54) is 6.92 Å². The second-order valence-corrected chi connectivity index (χ2v) is 5.54. The zero-order chi connectivity index (χ0) is 17.4. The largest absolute Gasteiger partial charge is 0.366 e. The van der Waals surface area contributed by atoms with Gasteiger partial charge in [-0.3, -0.25) is 14.9 Å². The SMILES string of the molecule is CCCCCCCC(=O)NC(=O)c1cnc([N+](=O)[O-])c(C)c1C. The molecule has 1 N–H and O–H groups in total. The topological polar surface area (TPSA) is 102 Å². The first-order chi connectivity index (χ1) is 10.9. The Morgan fingerprint density at radius 3 is 2.43 bits per heavy atom. The Morgan fingerprint density at radius 2 is 1.83 bits per heavy atom. The molecule has 0 unspecified atom stereocenters. The van der Waals surface area contributed by atoms with Gasteiger partial charge < -0.3 is 10.1 Å². The molecule has 1 aromatic heterocycles. The van der Waals surface area contributed by atoms with E-state index in [0.29, 0.717) is 17.5 Å². The summed E-state index contributed by atoms with van der Waals surface area (Å²) in [5.74, 6) is -1.17. The van der Waals surface area contributed by atoms with Gasteiger partial charge in [0.25, 0.3) is 5.91 Å². The number of aromatic nitrogens is 1. The summed E-state index contributed by atoms with van der Waals surface area (Å²) in [6, 6.07) is 0. The normalized spacial score (nSPS) is 10.4. The van der Waals surface area contributed by atoms with Crippen LogP contribution in [0.3, 0.4) is 0 Å². The minimum absolute atomic E-state index is 0.187. The lowest BCUT2D eigenvalue weighted by molar-refractivity contribution is -0.390. The predicted molar refractivity (Wildman–Crippen MR) is 86.2 cm³/mol. The number of carbonyl (C=O) groups excluding carboxylic acids is 2. The molecule has 0 fully saturated rings. The second-order valence-electron chi connectivity index (χ2n) is 5.54.